The van der Waals surface area contributed by atoms with Crippen molar-refractivity contribution < 1.29 is 9.84 Å². The van der Waals surface area contributed by atoms with Gasteiger partial charge in [-0.3, -0.25) is 0 Å². The first kappa shape index (κ1) is 11.4. The minimum Gasteiger partial charge on any atom is -0.487 e. The smallest absolute Gasteiger partial charge is 0.129 e. The average Bonchev–Trinajstić information content (AvgIpc) is 2.26. The number of aliphatic hydroxyl groups is 1. The van der Waals surface area contributed by atoms with Crippen LogP contribution in [-0.4, -0.2) is 17.3 Å². The molecule has 88 valence electrons. The van der Waals surface area contributed by atoms with Crippen molar-refractivity contribution in [2.45, 2.75) is 38.4 Å². The molecular weight excluding hydrogens is 202 g/mol. The quantitative estimate of drug-likeness (QED) is 0.800. The van der Waals surface area contributed by atoms with Crippen molar-refractivity contribution >= 4 is 0 Å². The number of hydrogen-bond acceptors (Lipinski definition) is 3. The van der Waals surface area contributed by atoms with E-state index in [1.54, 1.807) is 0 Å². The molecule has 1 heterocycles. The lowest BCUT2D eigenvalue weighted by molar-refractivity contribution is 0.0776. The van der Waals surface area contributed by atoms with E-state index in [2.05, 4.69) is 19.9 Å². The molecule has 1 unspecified atom stereocenters. The lowest BCUT2D eigenvalue weighted by Gasteiger charge is -2.34. The lowest BCUT2D eigenvalue weighted by atomic mass is 9.91. The van der Waals surface area contributed by atoms with Crippen molar-refractivity contribution in [1.82, 2.24) is 0 Å². The van der Waals surface area contributed by atoms with Crippen molar-refractivity contribution in [3.8, 4) is 5.75 Å². The fourth-order valence-electron chi connectivity index (χ4n) is 2.08. The number of benzene rings is 1. The Morgan fingerprint density at radius 2 is 2.25 bits per heavy atom. The third-order valence-corrected chi connectivity index (χ3v) is 3.08. The zero-order valence-electron chi connectivity index (χ0n) is 9.86. The summed E-state index contributed by atoms with van der Waals surface area (Å²) in [5.41, 5.74) is 7.33. The van der Waals surface area contributed by atoms with Gasteiger partial charge in [0.15, 0.2) is 0 Å². The van der Waals surface area contributed by atoms with Gasteiger partial charge in [-0.15, -0.1) is 0 Å². The van der Waals surface area contributed by atoms with Crippen LogP contribution in [0.15, 0.2) is 18.2 Å². The molecule has 3 heteroatoms. The molecule has 1 aliphatic heterocycles. The van der Waals surface area contributed by atoms with Crippen LogP contribution >= 0.6 is 0 Å². The number of hydrogen-bond donors (Lipinski definition) is 2. The maximum absolute atomic E-state index is 9.85. The normalized spacial score (nSPS) is 19.8. The Bertz CT molecular complexity index is 388. The Hall–Kier alpha value is -1.06. The van der Waals surface area contributed by atoms with Gasteiger partial charge in [0.25, 0.3) is 0 Å². The molecule has 0 fully saturated rings. The van der Waals surface area contributed by atoms with Gasteiger partial charge in [-0.2, -0.15) is 0 Å². The summed E-state index contributed by atoms with van der Waals surface area (Å²) >= 11 is 0. The highest BCUT2D eigenvalue weighted by Crippen LogP contribution is 2.37. The van der Waals surface area contributed by atoms with Gasteiger partial charge in [0.1, 0.15) is 11.4 Å². The Kier molecular flexibility index (Phi) is 2.91. The topological polar surface area (TPSA) is 55.5 Å². The van der Waals surface area contributed by atoms with Crippen molar-refractivity contribution in [3.05, 3.63) is 29.3 Å². The second-order valence-electron chi connectivity index (χ2n) is 4.95. The molecule has 0 aromatic heterocycles. The number of nitrogens with two attached hydrogens (primary N) is 1. The van der Waals surface area contributed by atoms with Crippen molar-refractivity contribution in [3.63, 3.8) is 0 Å². The lowest BCUT2D eigenvalue weighted by Crippen LogP contribution is -2.33. The molecule has 0 amide bonds. The summed E-state index contributed by atoms with van der Waals surface area (Å²) in [6.07, 6.45) is 1.36. The number of para-hydroxylation sites is 1. The first-order chi connectivity index (χ1) is 7.53. The number of rotatable bonds is 2. The molecule has 1 aromatic carbocycles. The monoisotopic (exact) mass is 221 g/mol. The van der Waals surface area contributed by atoms with Crippen LogP contribution < -0.4 is 10.5 Å². The van der Waals surface area contributed by atoms with Gasteiger partial charge in [0.05, 0.1) is 6.10 Å². The number of aryl methyl sites for hydroxylation is 1. The Morgan fingerprint density at radius 3 is 2.94 bits per heavy atom. The Labute approximate surface area is 96.2 Å². The van der Waals surface area contributed by atoms with Gasteiger partial charge in [-0.1, -0.05) is 18.2 Å². The summed E-state index contributed by atoms with van der Waals surface area (Å²) in [6.45, 7) is 4.36. The van der Waals surface area contributed by atoms with E-state index >= 15 is 0 Å². The summed E-state index contributed by atoms with van der Waals surface area (Å²) < 4.78 is 5.96. The van der Waals surface area contributed by atoms with E-state index in [0.717, 1.165) is 24.2 Å². The molecule has 3 N–H and O–H groups in total. The van der Waals surface area contributed by atoms with Crippen LogP contribution in [0.4, 0.5) is 0 Å². The van der Waals surface area contributed by atoms with Crippen LogP contribution in [0.5, 0.6) is 5.75 Å². The van der Waals surface area contributed by atoms with Crippen molar-refractivity contribution in [2.24, 2.45) is 5.73 Å². The second kappa shape index (κ2) is 4.07. The highest BCUT2D eigenvalue weighted by molar-refractivity contribution is 5.44. The van der Waals surface area contributed by atoms with Gasteiger partial charge < -0.3 is 15.6 Å². The van der Waals surface area contributed by atoms with Crippen LogP contribution in [0, 0.1) is 0 Å². The first-order valence-electron chi connectivity index (χ1n) is 5.72. The molecule has 1 aromatic rings. The van der Waals surface area contributed by atoms with Gasteiger partial charge in [-0.25, -0.2) is 0 Å². The van der Waals surface area contributed by atoms with Crippen LogP contribution in [0.1, 0.15) is 37.5 Å². The molecule has 0 bridgehead atoms. The van der Waals surface area contributed by atoms with E-state index in [4.69, 9.17) is 10.5 Å². The summed E-state index contributed by atoms with van der Waals surface area (Å²) in [7, 11) is 0. The highest BCUT2D eigenvalue weighted by atomic mass is 16.5. The molecule has 0 spiro atoms. The summed E-state index contributed by atoms with van der Waals surface area (Å²) in [5.74, 6) is 0.830. The zero-order chi connectivity index (χ0) is 11.8. The maximum Gasteiger partial charge on any atom is 0.129 e. The predicted octanol–water partition coefficient (Wildman–Crippen LogP) is 1.78. The van der Waals surface area contributed by atoms with Crippen molar-refractivity contribution in [2.75, 3.05) is 6.54 Å². The van der Waals surface area contributed by atoms with E-state index in [0.29, 0.717) is 0 Å². The fourth-order valence-corrected chi connectivity index (χ4v) is 2.08. The standard InChI is InChI=1S/C13H19NO2/c1-13(2)7-6-9-4-3-5-10(11(15)8-14)12(9)16-13/h3-5,11,15H,6-8,14H2,1-2H3. The summed E-state index contributed by atoms with van der Waals surface area (Å²) in [5, 5.41) is 9.85. The van der Waals surface area contributed by atoms with E-state index in [9.17, 15) is 5.11 Å². The molecule has 0 saturated heterocycles. The largest absolute Gasteiger partial charge is 0.487 e. The number of ether oxygens (including phenoxy) is 1. The average molecular weight is 221 g/mol. The predicted molar refractivity (Wildman–Crippen MR) is 63.5 cm³/mol. The molecule has 0 aliphatic carbocycles. The second-order valence-corrected chi connectivity index (χ2v) is 4.95. The summed E-state index contributed by atoms with van der Waals surface area (Å²) in [4.78, 5) is 0. The molecule has 3 nitrogen and oxygen atoms in total. The third-order valence-electron chi connectivity index (χ3n) is 3.08. The Balaban J connectivity index is 2.42. The molecular formula is C13H19NO2. The zero-order valence-corrected chi connectivity index (χ0v) is 9.86. The minimum atomic E-state index is -0.635. The molecule has 1 aliphatic rings. The SMILES string of the molecule is CC1(C)CCc2cccc(C(O)CN)c2O1. The van der Waals surface area contributed by atoms with Gasteiger partial charge in [0.2, 0.25) is 0 Å². The third kappa shape index (κ3) is 2.06. The van der Waals surface area contributed by atoms with Crippen molar-refractivity contribution in [1.29, 1.82) is 0 Å². The van der Waals surface area contributed by atoms with Crippen LogP contribution in [0.3, 0.4) is 0 Å². The Morgan fingerprint density at radius 1 is 1.50 bits per heavy atom. The van der Waals surface area contributed by atoms with E-state index in [1.165, 1.54) is 5.56 Å². The van der Waals surface area contributed by atoms with Gasteiger partial charge >= 0.3 is 0 Å². The van der Waals surface area contributed by atoms with Gasteiger partial charge in [-0.05, 0) is 32.3 Å². The molecule has 2 rings (SSSR count). The molecule has 16 heavy (non-hydrogen) atoms. The maximum atomic E-state index is 9.85. The molecule has 0 radical (unpaired) electrons. The number of aliphatic hydroxyl groups excluding tert-OH is 1. The fraction of sp³-hybridized carbons (Fsp3) is 0.538. The first-order valence-corrected chi connectivity index (χ1v) is 5.72. The van der Waals surface area contributed by atoms with E-state index in [-0.39, 0.29) is 12.1 Å². The van der Waals surface area contributed by atoms with Crippen LogP contribution in [0.25, 0.3) is 0 Å². The highest BCUT2D eigenvalue weighted by Gasteiger charge is 2.29. The minimum absolute atomic E-state index is 0.155. The number of fused-ring (bicyclic) bond motifs is 1. The summed E-state index contributed by atoms with van der Waals surface area (Å²) in [6, 6.07) is 5.89. The van der Waals surface area contributed by atoms with E-state index in [1.807, 2.05) is 12.1 Å². The van der Waals surface area contributed by atoms with Crippen LogP contribution in [0.2, 0.25) is 0 Å². The molecule has 0 saturated carbocycles. The van der Waals surface area contributed by atoms with E-state index < -0.39 is 6.10 Å². The van der Waals surface area contributed by atoms with Gasteiger partial charge in [0, 0.05) is 12.1 Å². The van der Waals surface area contributed by atoms with Crippen LogP contribution in [-0.2, 0) is 6.42 Å². The molecule has 1 atom stereocenters.